The van der Waals surface area contributed by atoms with E-state index in [4.69, 9.17) is 11.6 Å². The van der Waals surface area contributed by atoms with Crippen molar-refractivity contribution in [3.05, 3.63) is 12.2 Å². The van der Waals surface area contributed by atoms with E-state index in [2.05, 4.69) is 13.5 Å². The molecule has 0 saturated carbocycles. The van der Waals surface area contributed by atoms with Crippen molar-refractivity contribution in [2.24, 2.45) is 0 Å². The van der Waals surface area contributed by atoms with Crippen molar-refractivity contribution in [1.82, 2.24) is 0 Å². The fourth-order valence-corrected chi connectivity index (χ4v) is 0.936. The lowest BCUT2D eigenvalue weighted by Gasteiger charge is -2.00. The van der Waals surface area contributed by atoms with Crippen LogP contribution in [-0.4, -0.2) is 11.7 Å². The van der Waals surface area contributed by atoms with E-state index in [0.29, 0.717) is 6.42 Å². The number of carbonyl (C=O) groups excluding carboxylic acids is 1. The Kier molecular flexibility index (Phi) is 6.24. The van der Waals surface area contributed by atoms with Gasteiger partial charge in [0.15, 0.2) is 5.78 Å². The van der Waals surface area contributed by atoms with Gasteiger partial charge in [0.05, 0.1) is 5.88 Å². The molecule has 1 nitrogen and oxygen atoms in total. The molecule has 0 aromatic carbocycles. The van der Waals surface area contributed by atoms with Gasteiger partial charge < -0.3 is 0 Å². The maximum atomic E-state index is 10.8. The van der Waals surface area contributed by atoms with Crippen molar-refractivity contribution in [3.8, 4) is 0 Å². The minimum absolute atomic E-state index is 0.0766. The van der Waals surface area contributed by atoms with E-state index < -0.39 is 0 Å². The summed E-state index contributed by atoms with van der Waals surface area (Å²) in [6.07, 6.45) is 3.69. The van der Waals surface area contributed by atoms with Gasteiger partial charge in [-0.25, -0.2) is 0 Å². The van der Waals surface area contributed by atoms with Crippen LogP contribution in [0.3, 0.4) is 0 Å². The number of allylic oxidation sites excluding steroid dienone is 1. The van der Waals surface area contributed by atoms with Crippen LogP contribution in [0.1, 0.15) is 32.6 Å². The molecule has 0 radical (unpaired) electrons. The highest BCUT2D eigenvalue weighted by atomic mass is 35.5. The van der Waals surface area contributed by atoms with Crippen molar-refractivity contribution >= 4 is 17.4 Å². The van der Waals surface area contributed by atoms with Gasteiger partial charge in [-0.1, -0.05) is 25.5 Å². The molecule has 0 bridgehead atoms. The number of hydrogen-bond donors (Lipinski definition) is 0. The Bertz CT molecular complexity index is 140. The van der Waals surface area contributed by atoms with Crippen LogP contribution >= 0.6 is 11.6 Å². The van der Waals surface area contributed by atoms with Gasteiger partial charge in [-0.05, 0) is 12.8 Å². The molecule has 64 valence electrons. The first-order valence-electron chi connectivity index (χ1n) is 3.95. The van der Waals surface area contributed by atoms with E-state index in [0.717, 1.165) is 24.8 Å². The summed E-state index contributed by atoms with van der Waals surface area (Å²) in [5, 5.41) is 0. The number of unbranched alkanes of at least 4 members (excludes halogenated alkanes) is 1. The average molecular weight is 175 g/mol. The number of hydrogen-bond acceptors (Lipinski definition) is 1. The molecule has 0 saturated heterocycles. The normalized spacial score (nSPS) is 9.64. The second kappa shape index (κ2) is 6.41. The molecule has 0 N–H and O–H groups in total. The third-order valence-corrected chi connectivity index (χ3v) is 1.78. The summed E-state index contributed by atoms with van der Waals surface area (Å²) >= 11 is 5.34. The van der Waals surface area contributed by atoms with E-state index in [9.17, 15) is 4.79 Å². The molecule has 0 unspecified atom stereocenters. The van der Waals surface area contributed by atoms with Crippen LogP contribution in [-0.2, 0) is 4.79 Å². The Morgan fingerprint density at radius 2 is 2.18 bits per heavy atom. The van der Waals surface area contributed by atoms with Crippen molar-refractivity contribution in [3.63, 3.8) is 0 Å². The summed E-state index contributed by atoms with van der Waals surface area (Å²) in [6, 6.07) is 0. The lowest BCUT2D eigenvalue weighted by atomic mass is 10.1. The SMILES string of the molecule is C=C(CCCC)CC(=O)CCl. The van der Waals surface area contributed by atoms with Crippen LogP contribution < -0.4 is 0 Å². The monoisotopic (exact) mass is 174 g/mol. The summed E-state index contributed by atoms with van der Waals surface area (Å²) in [5.74, 6) is 0.193. The van der Waals surface area contributed by atoms with Crippen molar-refractivity contribution in [1.29, 1.82) is 0 Å². The molecule has 0 aliphatic carbocycles. The van der Waals surface area contributed by atoms with Crippen LogP contribution in [0.5, 0.6) is 0 Å². The molecule has 0 spiro atoms. The third-order valence-electron chi connectivity index (χ3n) is 1.48. The Balaban J connectivity index is 3.44. The maximum absolute atomic E-state index is 10.8. The molecule has 0 rings (SSSR count). The van der Waals surface area contributed by atoms with E-state index in [1.165, 1.54) is 0 Å². The second-order valence-corrected chi connectivity index (χ2v) is 2.97. The van der Waals surface area contributed by atoms with Gasteiger partial charge in [-0.2, -0.15) is 0 Å². The van der Waals surface area contributed by atoms with Gasteiger partial charge >= 0.3 is 0 Å². The van der Waals surface area contributed by atoms with Crippen LogP contribution in [0.25, 0.3) is 0 Å². The quantitative estimate of drug-likeness (QED) is 0.447. The number of ketones is 1. The van der Waals surface area contributed by atoms with E-state index in [-0.39, 0.29) is 11.7 Å². The molecule has 11 heavy (non-hydrogen) atoms. The van der Waals surface area contributed by atoms with Gasteiger partial charge in [-0.3, -0.25) is 4.79 Å². The number of Topliss-reactive ketones (excluding diaryl/α,β-unsaturated/α-hetero) is 1. The molecule has 0 aromatic heterocycles. The molecule has 0 atom stereocenters. The van der Waals surface area contributed by atoms with Gasteiger partial charge in [0, 0.05) is 6.42 Å². The average Bonchev–Trinajstić information content (AvgIpc) is 2.00. The Morgan fingerprint density at radius 1 is 1.55 bits per heavy atom. The Labute approximate surface area is 73.4 Å². The fraction of sp³-hybridized carbons (Fsp3) is 0.667. The predicted molar refractivity (Wildman–Crippen MR) is 49.0 cm³/mol. The molecule has 0 fully saturated rings. The minimum atomic E-state index is 0.0766. The molecular weight excluding hydrogens is 160 g/mol. The lowest BCUT2D eigenvalue weighted by molar-refractivity contribution is -0.116. The first-order chi connectivity index (χ1) is 5.20. The largest absolute Gasteiger partial charge is 0.298 e. The van der Waals surface area contributed by atoms with Crippen molar-refractivity contribution < 1.29 is 4.79 Å². The van der Waals surface area contributed by atoms with E-state index in [1.54, 1.807) is 0 Å². The first kappa shape index (κ1) is 10.7. The number of alkyl halides is 1. The Hall–Kier alpha value is -0.300. The summed E-state index contributed by atoms with van der Waals surface area (Å²) in [6.45, 7) is 5.92. The van der Waals surface area contributed by atoms with Crippen molar-refractivity contribution in [2.75, 3.05) is 5.88 Å². The summed E-state index contributed by atoms with van der Waals surface area (Å²) in [5.41, 5.74) is 1.01. The van der Waals surface area contributed by atoms with Gasteiger partial charge in [0.25, 0.3) is 0 Å². The maximum Gasteiger partial charge on any atom is 0.151 e. The van der Waals surface area contributed by atoms with Crippen LogP contribution in [0.15, 0.2) is 12.2 Å². The second-order valence-electron chi connectivity index (χ2n) is 2.70. The zero-order chi connectivity index (χ0) is 8.69. The fourth-order valence-electron chi connectivity index (χ4n) is 0.841. The number of rotatable bonds is 6. The molecule has 0 amide bonds. The number of carbonyl (C=O) groups is 1. The van der Waals surface area contributed by atoms with Crippen LogP contribution in [0.4, 0.5) is 0 Å². The standard InChI is InChI=1S/C9H15ClO/c1-3-4-5-8(2)6-9(11)7-10/h2-7H2,1H3. The van der Waals surface area contributed by atoms with Crippen molar-refractivity contribution in [2.45, 2.75) is 32.6 Å². The molecular formula is C9H15ClO. The highest BCUT2D eigenvalue weighted by Gasteiger charge is 2.01. The smallest absolute Gasteiger partial charge is 0.151 e. The molecule has 0 heterocycles. The molecule has 0 aliphatic heterocycles. The lowest BCUT2D eigenvalue weighted by Crippen LogP contribution is -2.00. The van der Waals surface area contributed by atoms with Gasteiger partial charge in [0.1, 0.15) is 0 Å². The topological polar surface area (TPSA) is 17.1 Å². The highest BCUT2D eigenvalue weighted by molar-refractivity contribution is 6.27. The zero-order valence-corrected chi connectivity index (χ0v) is 7.78. The molecule has 0 aliphatic rings. The van der Waals surface area contributed by atoms with E-state index >= 15 is 0 Å². The van der Waals surface area contributed by atoms with Crippen LogP contribution in [0.2, 0.25) is 0 Å². The predicted octanol–water partition coefficient (Wildman–Crippen LogP) is 2.93. The summed E-state index contributed by atoms with van der Waals surface area (Å²) < 4.78 is 0. The molecule has 2 heteroatoms. The third kappa shape index (κ3) is 6.11. The van der Waals surface area contributed by atoms with E-state index in [1.807, 2.05) is 0 Å². The summed E-state index contributed by atoms with van der Waals surface area (Å²) in [4.78, 5) is 10.8. The zero-order valence-electron chi connectivity index (χ0n) is 7.03. The first-order valence-corrected chi connectivity index (χ1v) is 4.48. The minimum Gasteiger partial charge on any atom is -0.298 e. The van der Waals surface area contributed by atoms with Gasteiger partial charge in [0.2, 0.25) is 0 Å². The highest BCUT2D eigenvalue weighted by Crippen LogP contribution is 2.09. The Morgan fingerprint density at radius 3 is 2.64 bits per heavy atom. The van der Waals surface area contributed by atoms with Crippen LogP contribution in [0, 0.1) is 0 Å². The molecule has 0 aromatic rings. The van der Waals surface area contributed by atoms with Gasteiger partial charge in [-0.15, -0.1) is 11.6 Å². The summed E-state index contributed by atoms with van der Waals surface area (Å²) in [7, 11) is 0. The number of halogens is 1.